The number of rotatable bonds is 6. The standard InChI is InChI=1S/C21H25NOS/c1-22(14-7-15-23)13-6-11-19-18-9-3-2-8-17(18)16-24-21-12-5-4-10-20(19)21/h2-5,8-12,23H,6-7,13-16H2,1H3/p+1/b19-11-. The Bertz CT molecular complexity index is 661. The van der Waals surface area contributed by atoms with Crippen molar-refractivity contribution in [3.63, 3.8) is 0 Å². The van der Waals surface area contributed by atoms with Gasteiger partial charge in [-0.2, -0.15) is 0 Å². The molecule has 0 fully saturated rings. The van der Waals surface area contributed by atoms with E-state index in [0.717, 1.165) is 31.7 Å². The smallest absolute Gasteiger partial charge is 0.0804 e. The molecule has 2 nitrogen and oxygen atoms in total. The van der Waals surface area contributed by atoms with Crippen LogP contribution in [0.5, 0.6) is 0 Å². The van der Waals surface area contributed by atoms with Crippen molar-refractivity contribution in [2.75, 3.05) is 26.7 Å². The van der Waals surface area contributed by atoms with Crippen molar-refractivity contribution in [1.82, 2.24) is 0 Å². The topological polar surface area (TPSA) is 24.7 Å². The van der Waals surface area contributed by atoms with Gasteiger partial charge in [-0.3, -0.25) is 0 Å². The van der Waals surface area contributed by atoms with Crippen LogP contribution in [0.3, 0.4) is 0 Å². The quantitative estimate of drug-likeness (QED) is 0.845. The fourth-order valence-corrected chi connectivity index (χ4v) is 4.28. The molecule has 2 aromatic carbocycles. The van der Waals surface area contributed by atoms with Crippen molar-refractivity contribution >= 4 is 17.3 Å². The van der Waals surface area contributed by atoms with Crippen molar-refractivity contribution in [3.8, 4) is 0 Å². The molecule has 126 valence electrons. The van der Waals surface area contributed by atoms with E-state index in [0.29, 0.717) is 0 Å². The van der Waals surface area contributed by atoms with Crippen LogP contribution in [0.2, 0.25) is 0 Å². The molecule has 0 spiro atoms. The largest absolute Gasteiger partial charge is 0.396 e. The second-order valence-corrected chi connectivity index (χ2v) is 7.40. The van der Waals surface area contributed by atoms with Crippen LogP contribution < -0.4 is 4.90 Å². The summed E-state index contributed by atoms with van der Waals surface area (Å²) in [5.74, 6) is 1.03. The van der Waals surface area contributed by atoms with E-state index in [1.807, 2.05) is 11.8 Å². The first-order valence-corrected chi connectivity index (χ1v) is 9.71. The number of quaternary nitrogens is 1. The van der Waals surface area contributed by atoms with E-state index in [-0.39, 0.29) is 6.61 Å². The molecule has 1 aliphatic rings. The summed E-state index contributed by atoms with van der Waals surface area (Å²) in [6, 6.07) is 17.5. The summed E-state index contributed by atoms with van der Waals surface area (Å²) in [4.78, 5) is 2.85. The van der Waals surface area contributed by atoms with E-state index < -0.39 is 0 Å². The van der Waals surface area contributed by atoms with Crippen LogP contribution in [-0.2, 0) is 5.75 Å². The number of aliphatic hydroxyl groups excluding tert-OH is 1. The summed E-state index contributed by atoms with van der Waals surface area (Å²) < 4.78 is 0. The van der Waals surface area contributed by atoms with Gasteiger partial charge in [0.05, 0.1) is 20.1 Å². The first-order chi connectivity index (χ1) is 11.8. The van der Waals surface area contributed by atoms with Gasteiger partial charge < -0.3 is 10.0 Å². The molecule has 0 aromatic heterocycles. The number of aliphatic hydroxyl groups is 1. The van der Waals surface area contributed by atoms with Gasteiger partial charge in [-0.25, -0.2) is 0 Å². The lowest BCUT2D eigenvalue weighted by Gasteiger charge is -2.14. The van der Waals surface area contributed by atoms with Crippen molar-refractivity contribution in [3.05, 3.63) is 71.3 Å². The second-order valence-electron chi connectivity index (χ2n) is 6.38. The lowest BCUT2D eigenvalue weighted by molar-refractivity contribution is -0.879. The van der Waals surface area contributed by atoms with Crippen molar-refractivity contribution in [2.45, 2.75) is 23.5 Å². The van der Waals surface area contributed by atoms with Crippen molar-refractivity contribution < 1.29 is 10.0 Å². The molecule has 1 aliphatic heterocycles. The first kappa shape index (κ1) is 17.3. The molecule has 1 unspecified atom stereocenters. The first-order valence-electron chi connectivity index (χ1n) is 8.72. The number of hydrogen-bond donors (Lipinski definition) is 2. The SMILES string of the molecule is C[NH+](CC/C=C1/c2ccccc2CSc2ccccc21)CCCO. The van der Waals surface area contributed by atoms with Gasteiger partial charge in [0, 0.05) is 30.1 Å². The fourth-order valence-electron chi connectivity index (χ4n) is 3.21. The van der Waals surface area contributed by atoms with Crippen LogP contribution in [0.15, 0.2) is 59.5 Å². The van der Waals surface area contributed by atoms with Crippen LogP contribution in [0.1, 0.15) is 29.5 Å². The maximum Gasteiger partial charge on any atom is 0.0804 e. The third-order valence-electron chi connectivity index (χ3n) is 4.55. The Hall–Kier alpha value is -1.55. The molecule has 2 N–H and O–H groups in total. The molecule has 0 aliphatic carbocycles. The minimum atomic E-state index is 0.288. The van der Waals surface area contributed by atoms with E-state index in [4.69, 9.17) is 5.11 Å². The molecule has 0 saturated heterocycles. The summed E-state index contributed by atoms with van der Waals surface area (Å²) in [5, 5.41) is 8.97. The predicted octanol–water partition coefficient (Wildman–Crippen LogP) is 3.01. The lowest BCUT2D eigenvalue weighted by atomic mass is 9.93. The van der Waals surface area contributed by atoms with Gasteiger partial charge in [0.2, 0.25) is 0 Å². The minimum absolute atomic E-state index is 0.288. The lowest BCUT2D eigenvalue weighted by Crippen LogP contribution is -3.09. The summed E-state index contributed by atoms with van der Waals surface area (Å²) in [6.45, 7) is 2.42. The van der Waals surface area contributed by atoms with Crippen molar-refractivity contribution in [1.29, 1.82) is 0 Å². The molecule has 3 heteroatoms. The molecule has 2 aromatic rings. The van der Waals surface area contributed by atoms with Crippen molar-refractivity contribution in [2.24, 2.45) is 0 Å². The highest BCUT2D eigenvalue weighted by Crippen LogP contribution is 2.39. The number of nitrogens with one attached hydrogen (secondary N) is 1. The Balaban J connectivity index is 1.86. The van der Waals surface area contributed by atoms with E-state index in [1.54, 1.807) is 0 Å². The molecule has 0 radical (unpaired) electrons. The zero-order chi connectivity index (χ0) is 16.8. The monoisotopic (exact) mass is 340 g/mol. The van der Waals surface area contributed by atoms with Gasteiger partial charge >= 0.3 is 0 Å². The number of thioether (sulfide) groups is 1. The van der Waals surface area contributed by atoms with E-state index in [2.05, 4.69) is 61.7 Å². The summed E-state index contributed by atoms with van der Waals surface area (Å²) >= 11 is 1.93. The highest BCUT2D eigenvalue weighted by atomic mass is 32.2. The van der Waals surface area contributed by atoms with E-state index in [9.17, 15) is 0 Å². The zero-order valence-corrected chi connectivity index (χ0v) is 15.1. The number of hydrogen-bond acceptors (Lipinski definition) is 2. The Kier molecular flexibility index (Phi) is 6.13. The maximum atomic E-state index is 8.97. The molecule has 0 amide bonds. The third kappa shape index (κ3) is 4.10. The average Bonchev–Trinajstić information content (AvgIpc) is 2.78. The minimum Gasteiger partial charge on any atom is -0.396 e. The van der Waals surface area contributed by atoms with Gasteiger partial charge in [0.25, 0.3) is 0 Å². The summed E-state index contributed by atoms with van der Waals surface area (Å²) in [6.07, 6.45) is 4.34. The Morgan fingerprint density at radius 2 is 1.79 bits per heavy atom. The predicted molar refractivity (Wildman–Crippen MR) is 102 cm³/mol. The van der Waals surface area contributed by atoms with Crippen LogP contribution in [0.4, 0.5) is 0 Å². The third-order valence-corrected chi connectivity index (χ3v) is 5.67. The summed E-state index contributed by atoms with van der Waals surface area (Å²) in [7, 11) is 2.21. The molecular weight excluding hydrogens is 314 g/mol. The van der Waals surface area contributed by atoms with Gasteiger partial charge in [0.1, 0.15) is 0 Å². The zero-order valence-electron chi connectivity index (χ0n) is 14.3. The van der Waals surface area contributed by atoms with Gasteiger partial charge in [-0.05, 0) is 28.3 Å². The average molecular weight is 341 g/mol. The molecule has 0 saturated carbocycles. The van der Waals surface area contributed by atoms with Crippen LogP contribution in [0, 0.1) is 0 Å². The molecule has 3 rings (SSSR count). The Morgan fingerprint density at radius 3 is 2.62 bits per heavy atom. The second kappa shape index (κ2) is 8.52. The molecule has 0 bridgehead atoms. The van der Waals surface area contributed by atoms with Gasteiger partial charge in [0.15, 0.2) is 0 Å². The molecule has 1 heterocycles. The summed E-state index contributed by atoms with van der Waals surface area (Å²) in [5.41, 5.74) is 5.54. The Morgan fingerprint density at radius 1 is 1.04 bits per heavy atom. The van der Waals surface area contributed by atoms with Gasteiger partial charge in [-0.15, -0.1) is 11.8 Å². The molecular formula is C21H26NOS+. The highest BCUT2D eigenvalue weighted by molar-refractivity contribution is 7.98. The van der Waals surface area contributed by atoms with E-state index in [1.165, 1.54) is 32.1 Å². The molecule has 1 atom stereocenters. The number of fused-ring (bicyclic) bond motifs is 2. The van der Waals surface area contributed by atoms with Crippen LogP contribution in [-0.4, -0.2) is 31.9 Å². The van der Waals surface area contributed by atoms with Crippen LogP contribution >= 0.6 is 11.8 Å². The normalized spacial score (nSPS) is 16.3. The number of benzene rings is 2. The van der Waals surface area contributed by atoms with E-state index >= 15 is 0 Å². The maximum absolute atomic E-state index is 8.97. The molecule has 24 heavy (non-hydrogen) atoms. The van der Waals surface area contributed by atoms with Crippen LogP contribution in [0.25, 0.3) is 5.57 Å². The Labute approximate surface area is 149 Å². The fraction of sp³-hybridized carbons (Fsp3) is 0.333. The van der Waals surface area contributed by atoms with Gasteiger partial charge in [-0.1, -0.05) is 48.5 Å². The highest BCUT2D eigenvalue weighted by Gasteiger charge is 2.17.